The lowest BCUT2D eigenvalue weighted by molar-refractivity contribution is -0.0498. The van der Waals surface area contributed by atoms with Gasteiger partial charge in [-0.25, -0.2) is 0 Å². The molecule has 1 aromatic carbocycles. The quantitative estimate of drug-likeness (QED) is 0.898. The van der Waals surface area contributed by atoms with E-state index in [-0.39, 0.29) is 5.75 Å². The number of alkyl halides is 2. The van der Waals surface area contributed by atoms with Gasteiger partial charge in [0.2, 0.25) is 0 Å². The van der Waals surface area contributed by atoms with Crippen LogP contribution in [0.2, 0.25) is 0 Å². The fourth-order valence-corrected chi connectivity index (χ4v) is 2.02. The summed E-state index contributed by atoms with van der Waals surface area (Å²) in [6, 6.07) is 6.98. The van der Waals surface area contributed by atoms with Gasteiger partial charge in [0.1, 0.15) is 5.75 Å². The van der Waals surface area contributed by atoms with Crippen molar-refractivity contribution in [2.75, 3.05) is 18.5 Å². The van der Waals surface area contributed by atoms with Crippen molar-refractivity contribution in [2.24, 2.45) is 0 Å². The highest BCUT2D eigenvalue weighted by molar-refractivity contribution is 5.47. The van der Waals surface area contributed by atoms with Gasteiger partial charge in [-0.2, -0.15) is 8.78 Å². The van der Waals surface area contributed by atoms with E-state index < -0.39 is 6.61 Å². The molecule has 0 aliphatic carbocycles. The van der Waals surface area contributed by atoms with Gasteiger partial charge in [-0.3, -0.25) is 0 Å². The zero-order chi connectivity index (χ0) is 12.8. The molecular weight excluding hydrogens is 240 g/mol. The van der Waals surface area contributed by atoms with Crippen molar-refractivity contribution in [3.63, 3.8) is 0 Å². The first-order chi connectivity index (χ1) is 8.74. The Kier molecular flexibility index (Phi) is 4.75. The Morgan fingerprint density at radius 2 is 1.94 bits per heavy atom. The van der Waals surface area contributed by atoms with E-state index in [0.717, 1.165) is 38.2 Å². The summed E-state index contributed by atoms with van der Waals surface area (Å²) in [6.45, 7) is -1.19. The van der Waals surface area contributed by atoms with Gasteiger partial charge in [-0.15, -0.1) is 0 Å². The molecule has 0 spiro atoms. The second kappa shape index (κ2) is 6.54. The van der Waals surface area contributed by atoms with Crippen molar-refractivity contribution in [3.05, 3.63) is 24.3 Å². The summed E-state index contributed by atoms with van der Waals surface area (Å²) in [5.41, 5.74) is 0.920. The lowest BCUT2D eigenvalue weighted by Crippen LogP contribution is -2.19. The summed E-state index contributed by atoms with van der Waals surface area (Å²) in [7, 11) is 0. The van der Waals surface area contributed by atoms with E-state index in [1.54, 1.807) is 24.3 Å². The Morgan fingerprint density at radius 1 is 1.17 bits per heavy atom. The van der Waals surface area contributed by atoms with Gasteiger partial charge in [-0.1, -0.05) is 0 Å². The van der Waals surface area contributed by atoms with E-state index in [0.29, 0.717) is 6.04 Å². The summed E-state index contributed by atoms with van der Waals surface area (Å²) in [4.78, 5) is 0. The minimum atomic E-state index is -2.78. The average molecular weight is 257 g/mol. The highest BCUT2D eigenvalue weighted by Crippen LogP contribution is 2.20. The Labute approximate surface area is 105 Å². The summed E-state index contributed by atoms with van der Waals surface area (Å²) in [5.74, 6) is 0.180. The molecule has 0 aromatic heterocycles. The van der Waals surface area contributed by atoms with Crippen LogP contribution in [0.25, 0.3) is 0 Å². The first-order valence-corrected chi connectivity index (χ1v) is 6.13. The Bertz CT molecular complexity index is 349. The van der Waals surface area contributed by atoms with Gasteiger partial charge in [0, 0.05) is 24.9 Å². The molecule has 3 nitrogen and oxygen atoms in total. The van der Waals surface area contributed by atoms with Crippen molar-refractivity contribution >= 4 is 5.69 Å². The van der Waals surface area contributed by atoms with Gasteiger partial charge in [-0.05, 0) is 43.5 Å². The molecule has 0 saturated carbocycles. The predicted molar refractivity (Wildman–Crippen MR) is 65.2 cm³/mol. The zero-order valence-corrected chi connectivity index (χ0v) is 10.1. The molecule has 0 bridgehead atoms. The first kappa shape index (κ1) is 13.1. The summed E-state index contributed by atoms with van der Waals surface area (Å²) in [6.07, 6.45) is 3.08. The van der Waals surface area contributed by atoms with Crippen molar-refractivity contribution in [3.8, 4) is 5.75 Å². The predicted octanol–water partition coefficient (Wildman–Crippen LogP) is 3.27. The van der Waals surface area contributed by atoms with Crippen LogP contribution < -0.4 is 10.1 Å². The molecule has 1 aromatic rings. The number of hydrogen-bond donors (Lipinski definition) is 1. The first-order valence-electron chi connectivity index (χ1n) is 6.13. The van der Waals surface area contributed by atoms with E-state index >= 15 is 0 Å². The third kappa shape index (κ3) is 4.14. The van der Waals surface area contributed by atoms with Crippen LogP contribution in [-0.4, -0.2) is 25.9 Å². The Hall–Kier alpha value is -1.36. The topological polar surface area (TPSA) is 30.5 Å². The molecule has 1 fully saturated rings. The third-order valence-corrected chi connectivity index (χ3v) is 2.90. The van der Waals surface area contributed by atoms with Crippen molar-refractivity contribution < 1.29 is 18.3 Å². The van der Waals surface area contributed by atoms with Gasteiger partial charge >= 0.3 is 6.61 Å². The Morgan fingerprint density at radius 3 is 2.67 bits per heavy atom. The highest BCUT2D eigenvalue weighted by atomic mass is 19.3. The van der Waals surface area contributed by atoms with Crippen LogP contribution in [0, 0.1) is 0 Å². The second-order valence-electron chi connectivity index (χ2n) is 4.29. The fourth-order valence-electron chi connectivity index (χ4n) is 2.02. The van der Waals surface area contributed by atoms with Crippen LogP contribution >= 0.6 is 0 Å². The second-order valence-corrected chi connectivity index (χ2v) is 4.29. The molecule has 1 aliphatic heterocycles. The molecule has 1 atom stereocenters. The molecule has 0 radical (unpaired) electrons. The fraction of sp³-hybridized carbons (Fsp3) is 0.538. The molecule has 100 valence electrons. The van der Waals surface area contributed by atoms with Crippen molar-refractivity contribution in [1.29, 1.82) is 0 Å². The van der Waals surface area contributed by atoms with E-state index in [1.807, 2.05) is 0 Å². The van der Waals surface area contributed by atoms with Crippen LogP contribution in [-0.2, 0) is 4.74 Å². The van der Waals surface area contributed by atoms with Crippen molar-refractivity contribution in [1.82, 2.24) is 0 Å². The molecular formula is C13H17F2NO2. The number of nitrogens with one attached hydrogen (secondary N) is 1. The molecule has 5 heteroatoms. The zero-order valence-electron chi connectivity index (χ0n) is 10.1. The maximum atomic E-state index is 12.0. The largest absolute Gasteiger partial charge is 0.435 e. The van der Waals surface area contributed by atoms with E-state index in [2.05, 4.69) is 10.1 Å². The van der Waals surface area contributed by atoms with Gasteiger partial charge in [0.05, 0.1) is 0 Å². The number of hydrogen-bond acceptors (Lipinski definition) is 3. The molecule has 18 heavy (non-hydrogen) atoms. The molecule has 1 aliphatic rings. The van der Waals surface area contributed by atoms with Crippen LogP contribution in [0.15, 0.2) is 24.3 Å². The molecule has 1 saturated heterocycles. The third-order valence-electron chi connectivity index (χ3n) is 2.90. The van der Waals surface area contributed by atoms with Crippen LogP contribution in [0.3, 0.4) is 0 Å². The van der Waals surface area contributed by atoms with Gasteiger partial charge in [0.15, 0.2) is 0 Å². The SMILES string of the molecule is FC(F)Oc1ccc(NC2CCCOCC2)cc1. The maximum absolute atomic E-state index is 12.0. The van der Waals surface area contributed by atoms with Gasteiger partial charge in [0.25, 0.3) is 0 Å². The summed E-state index contributed by atoms with van der Waals surface area (Å²) in [5, 5.41) is 3.38. The molecule has 1 unspecified atom stereocenters. The lowest BCUT2D eigenvalue weighted by Gasteiger charge is -2.17. The minimum Gasteiger partial charge on any atom is -0.435 e. The normalized spacial score (nSPS) is 20.5. The highest BCUT2D eigenvalue weighted by Gasteiger charge is 2.12. The Balaban J connectivity index is 1.88. The molecule has 1 heterocycles. The van der Waals surface area contributed by atoms with E-state index in [1.165, 1.54) is 0 Å². The number of rotatable bonds is 4. The van der Waals surface area contributed by atoms with E-state index in [4.69, 9.17) is 4.74 Å². The average Bonchev–Trinajstić information content (AvgIpc) is 2.60. The molecule has 0 amide bonds. The van der Waals surface area contributed by atoms with E-state index in [9.17, 15) is 8.78 Å². The molecule has 1 N–H and O–H groups in total. The van der Waals surface area contributed by atoms with Crippen LogP contribution in [0.5, 0.6) is 5.75 Å². The number of halogens is 2. The smallest absolute Gasteiger partial charge is 0.387 e. The number of anilines is 1. The van der Waals surface area contributed by atoms with Crippen LogP contribution in [0.4, 0.5) is 14.5 Å². The summed E-state index contributed by atoms with van der Waals surface area (Å²) < 4.78 is 33.7. The van der Waals surface area contributed by atoms with Crippen molar-refractivity contribution in [2.45, 2.75) is 31.9 Å². The van der Waals surface area contributed by atoms with Gasteiger partial charge < -0.3 is 14.8 Å². The maximum Gasteiger partial charge on any atom is 0.387 e. The minimum absolute atomic E-state index is 0.180. The number of ether oxygens (including phenoxy) is 2. The molecule has 2 rings (SSSR count). The number of benzene rings is 1. The lowest BCUT2D eigenvalue weighted by atomic mass is 10.1. The summed E-state index contributed by atoms with van der Waals surface area (Å²) >= 11 is 0. The van der Waals surface area contributed by atoms with Crippen LogP contribution in [0.1, 0.15) is 19.3 Å². The monoisotopic (exact) mass is 257 g/mol. The standard InChI is InChI=1S/C13H17F2NO2/c14-13(15)18-12-5-3-11(4-6-12)16-10-2-1-8-17-9-7-10/h3-6,10,13,16H,1-2,7-9H2.